The highest BCUT2D eigenvalue weighted by molar-refractivity contribution is 5.87. The molecule has 4 aromatic carbocycles. The zero-order valence-electron chi connectivity index (χ0n) is 17.3. The topological polar surface area (TPSA) is 57.4 Å². The van der Waals surface area contributed by atoms with Gasteiger partial charge in [0.05, 0.1) is 22.4 Å². The molecule has 2 aromatic heterocycles. The summed E-state index contributed by atoms with van der Waals surface area (Å²) in [6, 6.07) is 37.0. The molecule has 0 bridgehead atoms. The van der Waals surface area contributed by atoms with Crippen LogP contribution in [0.3, 0.4) is 0 Å². The van der Waals surface area contributed by atoms with Crippen molar-refractivity contribution >= 4 is 11.0 Å². The minimum Gasteiger partial charge on any atom is -0.338 e. The molecule has 4 nitrogen and oxygen atoms in total. The maximum atomic E-state index is 5.07. The Kier molecular flexibility index (Phi) is 4.40. The van der Waals surface area contributed by atoms with E-state index in [1.54, 1.807) is 0 Å². The van der Waals surface area contributed by atoms with Gasteiger partial charge in [-0.2, -0.15) is 0 Å². The van der Waals surface area contributed by atoms with Gasteiger partial charge < -0.3 is 9.97 Å². The molecule has 2 N–H and O–H groups in total. The first-order chi connectivity index (χ1) is 15.9. The van der Waals surface area contributed by atoms with Crippen molar-refractivity contribution in [2.45, 2.75) is 0 Å². The number of hydrogen-bond donors (Lipinski definition) is 2. The molecule has 6 aromatic rings. The van der Waals surface area contributed by atoms with Crippen molar-refractivity contribution < 1.29 is 0 Å². The molecule has 152 valence electrons. The fourth-order valence-electron chi connectivity index (χ4n) is 4.10. The first-order valence-electron chi connectivity index (χ1n) is 10.6. The van der Waals surface area contributed by atoms with Crippen molar-refractivity contribution in [2.24, 2.45) is 0 Å². The van der Waals surface area contributed by atoms with Crippen molar-refractivity contribution in [1.82, 2.24) is 19.9 Å². The van der Waals surface area contributed by atoms with Crippen LogP contribution in [0, 0.1) is 0 Å². The second-order valence-corrected chi connectivity index (χ2v) is 7.69. The SMILES string of the molecule is c1ccc(-c2nc(-c3ccccc3-c3nc4ccccc4[nH]3)[nH]c2-c2ccccc2)cc1. The van der Waals surface area contributed by atoms with Gasteiger partial charge in [-0.05, 0) is 12.1 Å². The summed E-state index contributed by atoms with van der Waals surface area (Å²) in [5.74, 6) is 1.65. The second-order valence-electron chi connectivity index (χ2n) is 7.69. The van der Waals surface area contributed by atoms with Crippen molar-refractivity contribution in [3.05, 3.63) is 109 Å². The Morgan fingerprint density at radius 1 is 0.469 bits per heavy atom. The molecule has 0 saturated carbocycles. The van der Waals surface area contributed by atoms with E-state index in [1.807, 2.05) is 72.8 Å². The van der Waals surface area contributed by atoms with Crippen LogP contribution < -0.4 is 0 Å². The lowest BCUT2D eigenvalue weighted by molar-refractivity contribution is 1.28. The number of H-pyrrole nitrogens is 2. The molecule has 0 saturated heterocycles. The van der Waals surface area contributed by atoms with Gasteiger partial charge in [0.15, 0.2) is 0 Å². The van der Waals surface area contributed by atoms with Crippen LogP contribution in [-0.4, -0.2) is 19.9 Å². The van der Waals surface area contributed by atoms with Gasteiger partial charge in [0.1, 0.15) is 11.6 Å². The van der Waals surface area contributed by atoms with Gasteiger partial charge >= 0.3 is 0 Å². The lowest BCUT2D eigenvalue weighted by Gasteiger charge is -2.04. The van der Waals surface area contributed by atoms with Gasteiger partial charge in [-0.1, -0.05) is 97.1 Å². The van der Waals surface area contributed by atoms with Crippen LogP contribution in [0.25, 0.3) is 56.3 Å². The van der Waals surface area contributed by atoms with E-state index < -0.39 is 0 Å². The summed E-state index contributed by atoms with van der Waals surface area (Å²) in [7, 11) is 0. The molecular formula is C28H20N4. The van der Waals surface area contributed by atoms with E-state index in [4.69, 9.17) is 9.97 Å². The quantitative estimate of drug-likeness (QED) is 0.329. The van der Waals surface area contributed by atoms with Crippen molar-refractivity contribution in [1.29, 1.82) is 0 Å². The molecule has 0 atom stereocenters. The van der Waals surface area contributed by atoms with E-state index in [9.17, 15) is 0 Å². The molecule has 0 amide bonds. The highest BCUT2D eigenvalue weighted by Crippen LogP contribution is 2.36. The summed E-state index contributed by atoms with van der Waals surface area (Å²) in [5.41, 5.74) is 8.11. The van der Waals surface area contributed by atoms with E-state index in [1.165, 1.54) is 0 Å². The largest absolute Gasteiger partial charge is 0.338 e. The Morgan fingerprint density at radius 2 is 1.03 bits per heavy atom. The molecule has 0 aliphatic heterocycles. The Morgan fingerprint density at radius 3 is 1.72 bits per heavy atom. The number of nitrogens with zero attached hydrogens (tertiary/aromatic N) is 2. The number of fused-ring (bicyclic) bond motifs is 1. The van der Waals surface area contributed by atoms with Crippen LogP contribution in [0.15, 0.2) is 109 Å². The maximum absolute atomic E-state index is 5.07. The summed E-state index contributed by atoms with van der Waals surface area (Å²) in [6.07, 6.45) is 0. The molecule has 32 heavy (non-hydrogen) atoms. The van der Waals surface area contributed by atoms with Crippen LogP contribution in [-0.2, 0) is 0 Å². The average molecular weight is 412 g/mol. The van der Waals surface area contributed by atoms with Gasteiger partial charge in [0.2, 0.25) is 0 Å². The smallest absolute Gasteiger partial charge is 0.139 e. The number of aromatic nitrogens is 4. The fourth-order valence-corrected chi connectivity index (χ4v) is 4.10. The number of para-hydroxylation sites is 2. The molecule has 0 aliphatic rings. The predicted molar refractivity (Wildman–Crippen MR) is 130 cm³/mol. The molecule has 4 heteroatoms. The minimum absolute atomic E-state index is 0.818. The molecule has 0 fully saturated rings. The Balaban J connectivity index is 1.55. The Bertz CT molecular complexity index is 1420. The lowest BCUT2D eigenvalue weighted by atomic mass is 10.1. The second kappa shape index (κ2) is 7.67. The lowest BCUT2D eigenvalue weighted by Crippen LogP contribution is -1.88. The van der Waals surface area contributed by atoms with Crippen LogP contribution in [0.2, 0.25) is 0 Å². The first kappa shape index (κ1) is 18.3. The number of imidazole rings is 2. The Hall–Kier alpha value is -4.44. The third kappa shape index (κ3) is 3.19. The van der Waals surface area contributed by atoms with Crippen LogP contribution in [0.4, 0.5) is 0 Å². The summed E-state index contributed by atoms with van der Waals surface area (Å²) in [5, 5.41) is 0. The van der Waals surface area contributed by atoms with E-state index >= 15 is 0 Å². The third-order valence-electron chi connectivity index (χ3n) is 5.64. The van der Waals surface area contributed by atoms with Gasteiger partial charge in [-0.25, -0.2) is 9.97 Å². The maximum Gasteiger partial charge on any atom is 0.139 e. The van der Waals surface area contributed by atoms with Crippen molar-refractivity contribution in [2.75, 3.05) is 0 Å². The van der Waals surface area contributed by atoms with Gasteiger partial charge in [0, 0.05) is 22.3 Å². The molecular weight excluding hydrogens is 392 g/mol. The highest BCUT2D eigenvalue weighted by atomic mass is 15.0. The predicted octanol–water partition coefficient (Wildman–Crippen LogP) is 6.95. The summed E-state index contributed by atoms with van der Waals surface area (Å²) in [6.45, 7) is 0. The summed E-state index contributed by atoms with van der Waals surface area (Å²) in [4.78, 5) is 16.9. The molecule has 0 radical (unpaired) electrons. The summed E-state index contributed by atoms with van der Waals surface area (Å²) < 4.78 is 0. The van der Waals surface area contributed by atoms with Gasteiger partial charge in [0.25, 0.3) is 0 Å². The normalized spacial score (nSPS) is 11.1. The number of benzene rings is 4. The number of aromatic amines is 2. The average Bonchev–Trinajstić information content (AvgIpc) is 3.50. The summed E-state index contributed by atoms with van der Waals surface area (Å²) >= 11 is 0. The third-order valence-corrected chi connectivity index (χ3v) is 5.64. The van der Waals surface area contributed by atoms with E-state index in [2.05, 4.69) is 46.4 Å². The number of nitrogens with one attached hydrogen (secondary N) is 2. The monoisotopic (exact) mass is 412 g/mol. The molecule has 2 heterocycles. The number of rotatable bonds is 4. The van der Waals surface area contributed by atoms with Crippen molar-refractivity contribution in [3.8, 4) is 45.3 Å². The zero-order valence-corrected chi connectivity index (χ0v) is 17.3. The van der Waals surface area contributed by atoms with E-state index in [0.717, 1.165) is 56.3 Å². The standard InChI is InChI=1S/C28H20N4/c1-3-11-19(12-4-1)25-26(20-13-5-2-6-14-20)32-28(31-25)22-16-8-7-15-21(22)27-29-23-17-9-10-18-24(23)30-27/h1-18H,(H,29,30)(H,31,32). The molecule has 6 rings (SSSR count). The minimum atomic E-state index is 0.818. The van der Waals surface area contributed by atoms with Crippen LogP contribution in [0.5, 0.6) is 0 Å². The Labute approximate surface area is 185 Å². The fraction of sp³-hybridized carbons (Fsp3) is 0. The van der Waals surface area contributed by atoms with E-state index in [-0.39, 0.29) is 0 Å². The zero-order chi connectivity index (χ0) is 21.3. The van der Waals surface area contributed by atoms with Gasteiger partial charge in [-0.3, -0.25) is 0 Å². The molecule has 0 spiro atoms. The van der Waals surface area contributed by atoms with E-state index in [0.29, 0.717) is 0 Å². The first-order valence-corrected chi connectivity index (χ1v) is 10.6. The number of hydrogen-bond acceptors (Lipinski definition) is 2. The highest BCUT2D eigenvalue weighted by Gasteiger charge is 2.18. The van der Waals surface area contributed by atoms with Gasteiger partial charge in [-0.15, -0.1) is 0 Å². The molecule has 0 aliphatic carbocycles. The van der Waals surface area contributed by atoms with Crippen LogP contribution >= 0.6 is 0 Å². The van der Waals surface area contributed by atoms with Crippen LogP contribution in [0.1, 0.15) is 0 Å². The van der Waals surface area contributed by atoms with Crippen molar-refractivity contribution in [3.63, 3.8) is 0 Å². The molecule has 0 unspecified atom stereocenters.